The van der Waals surface area contributed by atoms with E-state index in [1.165, 1.54) is 0 Å². The largest absolute Gasteiger partial charge is 0.494 e. The summed E-state index contributed by atoms with van der Waals surface area (Å²) >= 11 is 0. The number of hydrogen-bond donors (Lipinski definition) is 2. The van der Waals surface area contributed by atoms with Gasteiger partial charge in [0.1, 0.15) is 6.04 Å². The van der Waals surface area contributed by atoms with E-state index in [1.54, 1.807) is 0 Å². The molecule has 1 aliphatic carbocycles. The fraction of sp³-hybridized carbons (Fsp3) is 0.636. The molecule has 3 rings (SSSR count). The highest BCUT2D eigenvalue weighted by atomic mass is 16.7. The molecule has 0 radical (unpaired) electrons. The fourth-order valence-electron chi connectivity index (χ4n) is 3.88. The summed E-state index contributed by atoms with van der Waals surface area (Å²) in [4.78, 5) is 24.1. The van der Waals surface area contributed by atoms with Crippen LogP contribution in [0.25, 0.3) is 0 Å². The zero-order chi connectivity index (χ0) is 21.2. The maximum atomic E-state index is 12.4. The zero-order valence-corrected chi connectivity index (χ0v) is 17.9. The lowest BCUT2D eigenvalue weighted by Gasteiger charge is -2.32. The minimum absolute atomic E-state index is 0.0589. The Balaban J connectivity index is 1.62. The van der Waals surface area contributed by atoms with Gasteiger partial charge >= 0.3 is 13.1 Å². The molecule has 7 heteroatoms. The van der Waals surface area contributed by atoms with E-state index in [-0.39, 0.29) is 18.2 Å². The molecule has 0 unspecified atom stereocenters. The van der Waals surface area contributed by atoms with E-state index >= 15 is 0 Å². The van der Waals surface area contributed by atoms with Crippen LogP contribution in [0.1, 0.15) is 65.4 Å². The summed E-state index contributed by atoms with van der Waals surface area (Å²) in [7, 11) is -0.449. The average Bonchev–Trinajstić information content (AvgIpc) is 2.89. The number of carbonyl (C=O) groups is 2. The molecule has 29 heavy (non-hydrogen) atoms. The lowest BCUT2D eigenvalue weighted by Crippen LogP contribution is -2.45. The van der Waals surface area contributed by atoms with Crippen LogP contribution in [0.4, 0.5) is 0 Å². The van der Waals surface area contributed by atoms with Crippen molar-refractivity contribution in [3.8, 4) is 0 Å². The van der Waals surface area contributed by atoms with Crippen molar-refractivity contribution in [3.05, 3.63) is 29.8 Å². The average molecular weight is 401 g/mol. The van der Waals surface area contributed by atoms with Crippen molar-refractivity contribution < 1.29 is 24.0 Å². The molecular weight excluding hydrogens is 369 g/mol. The van der Waals surface area contributed by atoms with E-state index in [4.69, 9.17) is 9.31 Å². The quantitative estimate of drug-likeness (QED) is 0.716. The number of rotatable bonds is 6. The van der Waals surface area contributed by atoms with Crippen molar-refractivity contribution >= 4 is 24.5 Å². The third-order valence-electron chi connectivity index (χ3n) is 6.54. The SMILES string of the molecule is CC1(C)OB(c2ccc(C[C@@H](NC(=O)C3CCCCC3)C(=O)O)cc2)OC1(C)C. The summed E-state index contributed by atoms with van der Waals surface area (Å²) in [6, 6.07) is 6.64. The van der Waals surface area contributed by atoms with Crippen molar-refractivity contribution in [2.24, 2.45) is 5.92 Å². The second-order valence-electron chi connectivity index (χ2n) is 9.27. The van der Waals surface area contributed by atoms with Crippen LogP contribution in [0.2, 0.25) is 0 Å². The van der Waals surface area contributed by atoms with E-state index in [9.17, 15) is 14.7 Å². The topological polar surface area (TPSA) is 84.9 Å². The molecule has 1 saturated carbocycles. The van der Waals surface area contributed by atoms with Crippen molar-refractivity contribution in [1.29, 1.82) is 0 Å². The molecule has 1 atom stereocenters. The first-order chi connectivity index (χ1) is 13.6. The Kier molecular flexibility index (Phi) is 6.39. The van der Waals surface area contributed by atoms with Crippen LogP contribution in [-0.4, -0.2) is 41.3 Å². The molecule has 1 aromatic rings. The first kappa shape index (κ1) is 21.8. The van der Waals surface area contributed by atoms with Crippen LogP contribution >= 0.6 is 0 Å². The highest BCUT2D eigenvalue weighted by Gasteiger charge is 2.51. The standard InChI is InChI=1S/C22H32BNO5/c1-21(2)22(3,4)29-23(28-21)17-12-10-15(11-13-17)14-18(20(26)27)24-19(25)16-8-6-5-7-9-16/h10-13,16,18H,5-9,14H2,1-4H3,(H,24,25)(H,26,27)/t18-/m1/s1. The number of carboxylic acid groups (broad SMARTS) is 1. The van der Waals surface area contributed by atoms with E-state index in [0.717, 1.165) is 43.1 Å². The molecule has 0 aromatic heterocycles. The molecule has 1 aliphatic heterocycles. The molecule has 158 valence electrons. The number of aliphatic carboxylic acids is 1. The summed E-state index contributed by atoms with van der Waals surface area (Å²) in [5.41, 5.74) is 0.926. The smallest absolute Gasteiger partial charge is 0.480 e. The van der Waals surface area contributed by atoms with Crippen LogP contribution < -0.4 is 10.8 Å². The van der Waals surface area contributed by atoms with Gasteiger partial charge in [-0.1, -0.05) is 43.5 Å². The molecule has 1 amide bonds. The van der Waals surface area contributed by atoms with Gasteiger partial charge < -0.3 is 19.7 Å². The Morgan fingerprint density at radius 1 is 1.07 bits per heavy atom. The predicted molar refractivity (Wildman–Crippen MR) is 112 cm³/mol. The number of nitrogens with one attached hydrogen (secondary N) is 1. The molecule has 2 fully saturated rings. The number of carbonyl (C=O) groups excluding carboxylic acids is 1. The minimum Gasteiger partial charge on any atom is -0.480 e. The van der Waals surface area contributed by atoms with Gasteiger partial charge in [-0.2, -0.15) is 0 Å². The lowest BCUT2D eigenvalue weighted by molar-refractivity contribution is -0.142. The summed E-state index contributed by atoms with van der Waals surface area (Å²) in [6.45, 7) is 8.03. The summed E-state index contributed by atoms with van der Waals surface area (Å²) in [5.74, 6) is -1.20. The molecule has 2 N–H and O–H groups in total. The van der Waals surface area contributed by atoms with Crippen LogP contribution in [0.15, 0.2) is 24.3 Å². The minimum atomic E-state index is -1.01. The van der Waals surface area contributed by atoms with Crippen molar-refractivity contribution in [2.45, 2.75) is 83.5 Å². The highest BCUT2D eigenvalue weighted by molar-refractivity contribution is 6.62. The van der Waals surface area contributed by atoms with E-state index in [1.807, 2.05) is 52.0 Å². The van der Waals surface area contributed by atoms with E-state index in [0.29, 0.717) is 0 Å². The Bertz CT molecular complexity index is 724. The van der Waals surface area contributed by atoms with Gasteiger partial charge in [-0.3, -0.25) is 4.79 Å². The first-order valence-electron chi connectivity index (χ1n) is 10.6. The van der Waals surface area contributed by atoms with Crippen LogP contribution in [0.3, 0.4) is 0 Å². The monoisotopic (exact) mass is 401 g/mol. The first-order valence-corrected chi connectivity index (χ1v) is 10.6. The Morgan fingerprint density at radius 2 is 1.62 bits per heavy atom. The van der Waals surface area contributed by atoms with E-state index in [2.05, 4.69) is 5.32 Å². The maximum Gasteiger partial charge on any atom is 0.494 e. The Morgan fingerprint density at radius 3 is 2.14 bits per heavy atom. The van der Waals surface area contributed by atoms with Gasteiger partial charge in [-0.05, 0) is 51.6 Å². The molecule has 2 aliphatic rings. The second kappa shape index (κ2) is 8.48. The van der Waals surface area contributed by atoms with Crippen LogP contribution in [0.5, 0.6) is 0 Å². The number of hydrogen-bond acceptors (Lipinski definition) is 4. The van der Waals surface area contributed by atoms with Crippen molar-refractivity contribution in [1.82, 2.24) is 5.32 Å². The van der Waals surface area contributed by atoms with Crippen molar-refractivity contribution in [2.75, 3.05) is 0 Å². The summed E-state index contributed by atoms with van der Waals surface area (Å²) in [6.07, 6.45) is 5.17. The molecular formula is C22H32BNO5. The normalized spacial score (nSPS) is 22.3. The predicted octanol–water partition coefficient (Wildman–Crippen LogP) is 2.68. The maximum absolute atomic E-state index is 12.4. The van der Waals surface area contributed by atoms with Gasteiger partial charge in [0, 0.05) is 12.3 Å². The molecule has 1 aromatic carbocycles. The Hall–Kier alpha value is -1.86. The van der Waals surface area contributed by atoms with Gasteiger partial charge in [0.2, 0.25) is 5.91 Å². The molecule has 1 heterocycles. The molecule has 0 bridgehead atoms. The molecule has 1 saturated heterocycles. The van der Waals surface area contributed by atoms with Gasteiger partial charge in [0.15, 0.2) is 0 Å². The van der Waals surface area contributed by atoms with Gasteiger partial charge in [-0.25, -0.2) is 4.79 Å². The van der Waals surface area contributed by atoms with E-state index < -0.39 is 30.3 Å². The second-order valence-corrected chi connectivity index (χ2v) is 9.27. The van der Waals surface area contributed by atoms with Crippen LogP contribution in [0, 0.1) is 5.92 Å². The fourth-order valence-corrected chi connectivity index (χ4v) is 3.88. The highest BCUT2D eigenvalue weighted by Crippen LogP contribution is 2.36. The van der Waals surface area contributed by atoms with Gasteiger partial charge in [0.05, 0.1) is 11.2 Å². The summed E-state index contributed by atoms with van der Waals surface area (Å²) in [5, 5.41) is 12.3. The van der Waals surface area contributed by atoms with Gasteiger partial charge in [0.25, 0.3) is 0 Å². The lowest BCUT2D eigenvalue weighted by atomic mass is 9.78. The Labute approximate surface area is 173 Å². The molecule has 0 spiro atoms. The number of benzene rings is 1. The molecule has 6 nitrogen and oxygen atoms in total. The van der Waals surface area contributed by atoms with Crippen molar-refractivity contribution in [3.63, 3.8) is 0 Å². The zero-order valence-electron chi connectivity index (χ0n) is 17.9. The number of amides is 1. The van der Waals surface area contributed by atoms with Crippen LogP contribution in [-0.2, 0) is 25.3 Å². The third-order valence-corrected chi connectivity index (χ3v) is 6.54. The number of carboxylic acids is 1. The van der Waals surface area contributed by atoms with Gasteiger partial charge in [-0.15, -0.1) is 0 Å². The summed E-state index contributed by atoms with van der Waals surface area (Å²) < 4.78 is 12.1. The third kappa shape index (κ3) is 5.01.